The predicted molar refractivity (Wildman–Crippen MR) is 67.9 cm³/mol. The Kier molecular flexibility index (Phi) is 4.60. The zero-order valence-corrected chi connectivity index (χ0v) is 11.9. The largest absolute Gasteiger partial charge is 0.273 e. The van der Waals surface area contributed by atoms with E-state index in [4.69, 9.17) is 5.84 Å². The molecule has 2 amide bonds. The van der Waals surface area contributed by atoms with Crippen LogP contribution >= 0.6 is 15.9 Å². The molecule has 0 saturated heterocycles. The first-order valence-corrected chi connectivity index (χ1v) is 7.25. The van der Waals surface area contributed by atoms with Crippen molar-refractivity contribution < 1.29 is 18.0 Å². The zero-order chi connectivity index (χ0) is 13.9. The monoisotopic (exact) mass is 334 g/mol. The summed E-state index contributed by atoms with van der Waals surface area (Å²) in [4.78, 5) is 22.3. The Morgan fingerprint density at radius 3 is 2.50 bits per heavy atom. The molecule has 1 aromatic rings. The second-order valence-electron chi connectivity index (χ2n) is 3.50. The molecule has 0 spiro atoms. The molecule has 0 heterocycles. The molecule has 0 aliphatic rings. The van der Waals surface area contributed by atoms with Crippen molar-refractivity contribution in [1.82, 2.24) is 5.01 Å². The second kappa shape index (κ2) is 5.59. The van der Waals surface area contributed by atoms with Gasteiger partial charge >= 0.3 is 0 Å². The van der Waals surface area contributed by atoms with Crippen molar-refractivity contribution in [3.05, 3.63) is 28.7 Å². The first-order valence-electron chi connectivity index (χ1n) is 4.80. The van der Waals surface area contributed by atoms with Gasteiger partial charge in [-0.15, -0.1) is 0 Å². The number of rotatable bonds is 3. The van der Waals surface area contributed by atoms with Crippen LogP contribution in [0.25, 0.3) is 0 Å². The summed E-state index contributed by atoms with van der Waals surface area (Å²) < 4.78 is 24.3. The van der Waals surface area contributed by atoms with Crippen LogP contribution in [0, 0.1) is 0 Å². The summed E-state index contributed by atoms with van der Waals surface area (Å²) in [7, 11) is -3.81. The molecular weight excluding hydrogens is 324 g/mol. The van der Waals surface area contributed by atoms with E-state index in [0.29, 0.717) is 4.47 Å². The maximum Gasteiger partial charge on any atom is 0.259 e. The summed E-state index contributed by atoms with van der Waals surface area (Å²) in [6.45, 7) is 1.07. The fourth-order valence-electron chi connectivity index (χ4n) is 1.15. The summed E-state index contributed by atoms with van der Waals surface area (Å²) in [6, 6.07) is 5.93. The Labute approximate surface area is 113 Å². The van der Waals surface area contributed by atoms with E-state index < -0.39 is 27.4 Å². The summed E-state index contributed by atoms with van der Waals surface area (Å²) in [5.74, 6) is 2.60. The summed E-state index contributed by atoms with van der Waals surface area (Å²) >= 11 is 3.13. The van der Waals surface area contributed by atoms with Gasteiger partial charge in [-0.3, -0.25) is 9.59 Å². The molecule has 0 bridgehead atoms. The molecule has 2 N–H and O–H groups in total. The lowest BCUT2D eigenvalue weighted by molar-refractivity contribution is -0.142. The molecule has 1 rings (SSSR count). The average Bonchev–Trinajstić information content (AvgIpc) is 2.27. The number of benzene rings is 1. The van der Waals surface area contributed by atoms with Crippen molar-refractivity contribution in [2.75, 3.05) is 5.75 Å². The van der Waals surface area contributed by atoms with Crippen LogP contribution in [0.3, 0.4) is 0 Å². The Morgan fingerprint density at radius 2 is 2.00 bits per heavy atom. The van der Waals surface area contributed by atoms with Crippen LogP contribution in [-0.4, -0.2) is 31.0 Å². The molecule has 0 atom stereocenters. The number of imide groups is 1. The van der Waals surface area contributed by atoms with Gasteiger partial charge in [0.15, 0.2) is 9.84 Å². The smallest absolute Gasteiger partial charge is 0.259 e. The van der Waals surface area contributed by atoms with Crippen LogP contribution in [0.5, 0.6) is 0 Å². The number of hydrogen-bond donors (Lipinski definition) is 1. The number of hydrazine groups is 1. The topological polar surface area (TPSA) is 97.5 Å². The highest BCUT2D eigenvalue weighted by Gasteiger charge is 2.24. The number of sulfone groups is 1. The number of nitrogens with zero attached hydrogens (tertiary/aromatic N) is 1. The molecule has 1 aromatic carbocycles. The Bertz CT molecular complexity index is 585. The van der Waals surface area contributed by atoms with E-state index in [-0.39, 0.29) is 9.90 Å². The first-order chi connectivity index (χ1) is 8.24. The Morgan fingerprint density at radius 1 is 1.39 bits per heavy atom. The Hall–Kier alpha value is -1.25. The number of nitrogens with two attached hydrogens (primary N) is 1. The van der Waals surface area contributed by atoms with Crippen molar-refractivity contribution in [1.29, 1.82) is 0 Å². The molecule has 0 saturated carbocycles. The minimum atomic E-state index is -3.81. The van der Waals surface area contributed by atoms with Crippen LogP contribution < -0.4 is 5.84 Å². The van der Waals surface area contributed by atoms with Crippen molar-refractivity contribution in [2.24, 2.45) is 5.84 Å². The van der Waals surface area contributed by atoms with Gasteiger partial charge in [-0.1, -0.05) is 22.0 Å². The zero-order valence-electron chi connectivity index (χ0n) is 9.46. The molecule has 98 valence electrons. The van der Waals surface area contributed by atoms with E-state index in [9.17, 15) is 18.0 Å². The highest BCUT2D eigenvalue weighted by molar-refractivity contribution is 9.10. The van der Waals surface area contributed by atoms with Gasteiger partial charge in [0.05, 0.1) is 4.90 Å². The van der Waals surface area contributed by atoms with E-state index in [1.807, 2.05) is 0 Å². The minimum absolute atomic E-state index is 0.0119. The van der Waals surface area contributed by atoms with E-state index in [0.717, 1.165) is 6.92 Å². The van der Waals surface area contributed by atoms with Crippen LogP contribution in [0.1, 0.15) is 6.92 Å². The SMILES string of the molecule is CC(=O)N(N)C(=O)CS(=O)(=O)c1cccc(Br)c1. The summed E-state index contributed by atoms with van der Waals surface area (Å²) in [5, 5.41) is 0.287. The van der Waals surface area contributed by atoms with Gasteiger partial charge in [0.1, 0.15) is 5.75 Å². The van der Waals surface area contributed by atoms with E-state index >= 15 is 0 Å². The lowest BCUT2D eigenvalue weighted by atomic mass is 10.4. The third-order valence-electron chi connectivity index (χ3n) is 2.08. The molecule has 18 heavy (non-hydrogen) atoms. The maximum absolute atomic E-state index is 11.9. The van der Waals surface area contributed by atoms with Crippen molar-refractivity contribution in [3.63, 3.8) is 0 Å². The van der Waals surface area contributed by atoms with Crippen LogP contribution in [0.15, 0.2) is 33.6 Å². The van der Waals surface area contributed by atoms with Gasteiger partial charge in [0, 0.05) is 11.4 Å². The second-order valence-corrected chi connectivity index (χ2v) is 6.40. The molecule has 0 aliphatic heterocycles. The van der Waals surface area contributed by atoms with E-state index in [1.54, 1.807) is 6.07 Å². The molecular formula is C10H11BrN2O4S. The van der Waals surface area contributed by atoms with Crippen molar-refractivity contribution in [2.45, 2.75) is 11.8 Å². The molecule has 0 radical (unpaired) electrons. The van der Waals surface area contributed by atoms with Crippen molar-refractivity contribution in [3.8, 4) is 0 Å². The van der Waals surface area contributed by atoms with Gasteiger partial charge in [-0.25, -0.2) is 19.3 Å². The molecule has 0 aromatic heterocycles. The van der Waals surface area contributed by atoms with Crippen LogP contribution in [0.2, 0.25) is 0 Å². The molecule has 0 fully saturated rings. The van der Waals surface area contributed by atoms with Gasteiger partial charge in [-0.05, 0) is 18.2 Å². The third-order valence-corrected chi connectivity index (χ3v) is 4.17. The predicted octanol–water partition coefficient (Wildman–Crippen LogP) is 0.472. The highest BCUT2D eigenvalue weighted by Crippen LogP contribution is 2.17. The van der Waals surface area contributed by atoms with E-state index in [1.165, 1.54) is 18.2 Å². The van der Waals surface area contributed by atoms with Crippen LogP contribution in [-0.2, 0) is 19.4 Å². The molecule has 0 unspecified atom stereocenters. The van der Waals surface area contributed by atoms with Gasteiger partial charge in [0.25, 0.3) is 5.91 Å². The van der Waals surface area contributed by atoms with Crippen LogP contribution in [0.4, 0.5) is 0 Å². The fraction of sp³-hybridized carbons (Fsp3) is 0.200. The fourth-order valence-corrected chi connectivity index (χ4v) is 2.93. The number of hydrogen-bond acceptors (Lipinski definition) is 5. The quantitative estimate of drug-likeness (QED) is 0.492. The third kappa shape index (κ3) is 3.62. The summed E-state index contributed by atoms with van der Waals surface area (Å²) in [5.41, 5.74) is 0. The van der Waals surface area contributed by atoms with Crippen molar-refractivity contribution >= 4 is 37.6 Å². The number of carbonyl (C=O) groups excluding carboxylic acids is 2. The maximum atomic E-state index is 11.9. The lowest BCUT2D eigenvalue weighted by Gasteiger charge is -2.12. The van der Waals surface area contributed by atoms with Gasteiger partial charge < -0.3 is 0 Å². The van der Waals surface area contributed by atoms with Gasteiger partial charge in [0.2, 0.25) is 5.91 Å². The number of carbonyl (C=O) groups is 2. The van der Waals surface area contributed by atoms with Gasteiger partial charge in [-0.2, -0.15) is 0 Å². The Balaban J connectivity index is 2.96. The first kappa shape index (κ1) is 14.8. The average molecular weight is 335 g/mol. The standard InChI is InChI=1S/C10H11BrN2O4S/c1-7(14)13(12)10(15)6-18(16,17)9-4-2-3-8(11)5-9/h2-5H,6,12H2,1H3. The number of amides is 2. The number of halogens is 1. The molecule has 6 nitrogen and oxygen atoms in total. The molecule has 8 heteroatoms. The normalized spacial score (nSPS) is 11.1. The summed E-state index contributed by atoms with van der Waals surface area (Å²) in [6.07, 6.45) is 0. The molecule has 0 aliphatic carbocycles. The minimum Gasteiger partial charge on any atom is -0.273 e. The van der Waals surface area contributed by atoms with E-state index in [2.05, 4.69) is 15.9 Å². The lowest BCUT2D eigenvalue weighted by Crippen LogP contribution is -2.44. The highest BCUT2D eigenvalue weighted by atomic mass is 79.9.